The third kappa shape index (κ3) is 15.4. The van der Waals surface area contributed by atoms with Crippen LogP contribution in [-0.4, -0.2) is 19.7 Å². The number of rotatable bonds is 16. The van der Waals surface area contributed by atoms with E-state index in [0.29, 0.717) is 5.76 Å². The lowest BCUT2D eigenvalue weighted by Gasteiger charge is -2.07. The van der Waals surface area contributed by atoms with Crippen LogP contribution >= 0.6 is 0 Å². The first-order valence-corrected chi connectivity index (χ1v) is 8.71. The summed E-state index contributed by atoms with van der Waals surface area (Å²) in [4.78, 5) is 10.8. The quantitative estimate of drug-likeness (QED) is 0.126. The van der Waals surface area contributed by atoms with Crippen molar-refractivity contribution in [2.24, 2.45) is 0 Å². The average molecular weight is 298 g/mol. The Kier molecular flexibility index (Phi) is 16.5. The second-order valence-corrected chi connectivity index (χ2v) is 5.51. The van der Waals surface area contributed by atoms with Crippen molar-refractivity contribution in [3.8, 4) is 0 Å². The minimum absolute atomic E-state index is 0.189. The molecule has 0 aliphatic carbocycles. The SMILES string of the molecule is CCCCCC=C(C=O)OCOCCCCCCCCC. The number of allylic oxidation sites excluding steroid dienone is 2. The zero-order chi connectivity index (χ0) is 15.6. The lowest BCUT2D eigenvalue weighted by atomic mass is 10.1. The number of hydrogen-bond donors (Lipinski definition) is 0. The van der Waals surface area contributed by atoms with Crippen LogP contribution in [0.25, 0.3) is 0 Å². The van der Waals surface area contributed by atoms with Crippen LogP contribution in [0.15, 0.2) is 11.8 Å². The fourth-order valence-corrected chi connectivity index (χ4v) is 2.11. The van der Waals surface area contributed by atoms with Crippen LogP contribution in [0.2, 0.25) is 0 Å². The molecule has 0 heterocycles. The van der Waals surface area contributed by atoms with E-state index in [1.165, 1.54) is 51.4 Å². The normalized spacial score (nSPS) is 11.6. The van der Waals surface area contributed by atoms with Gasteiger partial charge in [0, 0.05) is 0 Å². The van der Waals surface area contributed by atoms with E-state index in [4.69, 9.17) is 9.47 Å². The molecule has 0 unspecified atom stereocenters. The van der Waals surface area contributed by atoms with Crippen molar-refractivity contribution in [2.75, 3.05) is 13.4 Å². The van der Waals surface area contributed by atoms with Gasteiger partial charge in [-0.2, -0.15) is 0 Å². The molecule has 0 aromatic carbocycles. The van der Waals surface area contributed by atoms with E-state index in [1.807, 2.05) is 6.08 Å². The van der Waals surface area contributed by atoms with Crippen molar-refractivity contribution in [3.63, 3.8) is 0 Å². The molecule has 0 aromatic rings. The Morgan fingerprint density at radius 1 is 0.857 bits per heavy atom. The van der Waals surface area contributed by atoms with E-state index in [-0.39, 0.29) is 6.79 Å². The first-order valence-electron chi connectivity index (χ1n) is 8.71. The van der Waals surface area contributed by atoms with Gasteiger partial charge in [-0.25, -0.2) is 0 Å². The van der Waals surface area contributed by atoms with E-state index >= 15 is 0 Å². The monoisotopic (exact) mass is 298 g/mol. The number of unbranched alkanes of at least 4 members (excludes halogenated alkanes) is 9. The molecular weight excluding hydrogens is 264 g/mol. The molecule has 0 bridgehead atoms. The fraction of sp³-hybridized carbons (Fsp3) is 0.833. The molecule has 0 atom stereocenters. The summed E-state index contributed by atoms with van der Waals surface area (Å²) < 4.78 is 10.7. The van der Waals surface area contributed by atoms with Crippen LogP contribution in [0.4, 0.5) is 0 Å². The van der Waals surface area contributed by atoms with Crippen molar-refractivity contribution in [1.29, 1.82) is 0 Å². The zero-order valence-corrected chi connectivity index (χ0v) is 14.1. The molecule has 0 saturated carbocycles. The molecule has 0 aliphatic rings. The topological polar surface area (TPSA) is 35.5 Å². The molecule has 124 valence electrons. The van der Waals surface area contributed by atoms with Gasteiger partial charge in [0.1, 0.15) is 0 Å². The first-order chi connectivity index (χ1) is 10.3. The highest BCUT2D eigenvalue weighted by atomic mass is 16.7. The molecule has 0 aliphatic heterocycles. The highest BCUT2D eigenvalue weighted by Crippen LogP contribution is 2.07. The van der Waals surface area contributed by atoms with Crippen LogP contribution in [0.5, 0.6) is 0 Å². The second-order valence-electron chi connectivity index (χ2n) is 5.51. The van der Waals surface area contributed by atoms with E-state index < -0.39 is 0 Å². The van der Waals surface area contributed by atoms with Gasteiger partial charge in [0.2, 0.25) is 0 Å². The van der Waals surface area contributed by atoms with Gasteiger partial charge in [0.15, 0.2) is 18.8 Å². The van der Waals surface area contributed by atoms with Crippen molar-refractivity contribution >= 4 is 6.29 Å². The fourth-order valence-electron chi connectivity index (χ4n) is 2.11. The maximum atomic E-state index is 10.8. The van der Waals surface area contributed by atoms with Crippen LogP contribution in [-0.2, 0) is 14.3 Å². The van der Waals surface area contributed by atoms with Gasteiger partial charge in [0.05, 0.1) is 6.61 Å². The maximum Gasteiger partial charge on any atom is 0.189 e. The summed E-state index contributed by atoms with van der Waals surface area (Å²) in [6, 6.07) is 0. The van der Waals surface area contributed by atoms with Gasteiger partial charge in [-0.05, 0) is 25.3 Å². The minimum Gasteiger partial charge on any atom is -0.464 e. The Labute approximate surface area is 131 Å². The van der Waals surface area contributed by atoms with Crippen molar-refractivity contribution in [2.45, 2.75) is 84.5 Å². The molecule has 0 rings (SSSR count). The molecule has 21 heavy (non-hydrogen) atoms. The summed E-state index contributed by atoms with van der Waals surface area (Å²) in [5.74, 6) is 0.408. The Morgan fingerprint density at radius 3 is 2.14 bits per heavy atom. The third-order valence-electron chi connectivity index (χ3n) is 3.47. The summed E-state index contributed by atoms with van der Waals surface area (Å²) in [5.41, 5.74) is 0. The molecule has 0 spiro atoms. The summed E-state index contributed by atoms with van der Waals surface area (Å²) in [6.07, 6.45) is 15.9. The predicted molar refractivity (Wildman–Crippen MR) is 88.2 cm³/mol. The van der Waals surface area contributed by atoms with Crippen LogP contribution < -0.4 is 0 Å². The smallest absolute Gasteiger partial charge is 0.189 e. The highest BCUT2D eigenvalue weighted by Gasteiger charge is 1.96. The van der Waals surface area contributed by atoms with Gasteiger partial charge in [-0.1, -0.05) is 65.2 Å². The Hall–Kier alpha value is -0.830. The van der Waals surface area contributed by atoms with E-state index in [1.54, 1.807) is 0 Å². The third-order valence-corrected chi connectivity index (χ3v) is 3.47. The number of carbonyl (C=O) groups excluding carboxylic acids is 1. The molecule has 0 radical (unpaired) electrons. The largest absolute Gasteiger partial charge is 0.464 e. The van der Waals surface area contributed by atoms with Gasteiger partial charge in [-0.15, -0.1) is 0 Å². The van der Waals surface area contributed by atoms with Crippen LogP contribution in [0, 0.1) is 0 Å². The summed E-state index contributed by atoms with van der Waals surface area (Å²) in [6.45, 7) is 5.31. The number of carbonyl (C=O) groups is 1. The molecule has 0 fully saturated rings. The molecule has 3 heteroatoms. The Morgan fingerprint density at radius 2 is 1.48 bits per heavy atom. The minimum atomic E-state index is 0.189. The van der Waals surface area contributed by atoms with E-state index in [9.17, 15) is 4.79 Å². The number of aldehydes is 1. The van der Waals surface area contributed by atoms with Gasteiger partial charge >= 0.3 is 0 Å². The second kappa shape index (κ2) is 17.2. The van der Waals surface area contributed by atoms with Crippen molar-refractivity contribution in [3.05, 3.63) is 11.8 Å². The summed E-state index contributed by atoms with van der Waals surface area (Å²) in [5, 5.41) is 0. The average Bonchev–Trinajstić information content (AvgIpc) is 2.51. The summed E-state index contributed by atoms with van der Waals surface area (Å²) >= 11 is 0. The number of hydrogen-bond acceptors (Lipinski definition) is 3. The number of ether oxygens (including phenoxy) is 2. The predicted octanol–water partition coefficient (Wildman–Crippen LogP) is 5.39. The Balaban J connectivity index is 3.36. The molecule has 3 nitrogen and oxygen atoms in total. The highest BCUT2D eigenvalue weighted by molar-refractivity contribution is 5.69. The molecule has 0 saturated heterocycles. The van der Waals surface area contributed by atoms with E-state index in [2.05, 4.69) is 13.8 Å². The molecule has 0 aromatic heterocycles. The van der Waals surface area contributed by atoms with Crippen molar-refractivity contribution < 1.29 is 14.3 Å². The lowest BCUT2D eigenvalue weighted by Crippen LogP contribution is -2.02. The van der Waals surface area contributed by atoms with Gasteiger partial charge in [0.25, 0.3) is 0 Å². The van der Waals surface area contributed by atoms with Gasteiger partial charge in [-0.3, -0.25) is 4.79 Å². The molecule has 0 amide bonds. The van der Waals surface area contributed by atoms with Crippen LogP contribution in [0.3, 0.4) is 0 Å². The molecule has 0 N–H and O–H groups in total. The summed E-state index contributed by atoms with van der Waals surface area (Å²) in [7, 11) is 0. The van der Waals surface area contributed by atoms with Crippen molar-refractivity contribution in [1.82, 2.24) is 0 Å². The molecular formula is C18H34O3. The standard InChI is InChI=1S/C18H34O3/c1-3-5-7-9-10-11-13-15-20-17-21-18(16-19)14-12-8-6-4-2/h14,16H,3-13,15,17H2,1-2H3. The van der Waals surface area contributed by atoms with Crippen LogP contribution in [0.1, 0.15) is 84.5 Å². The Bertz CT molecular complexity index is 249. The zero-order valence-electron chi connectivity index (χ0n) is 14.1. The lowest BCUT2D eigenvalue weighted by molar-refractivity contribution is -0.111. The maximum absolute atomic E-state index is 10.8. The van der Waals surface area contributed by atoms with E-state index in [0.717, 1.165) is 32.2 Å². The first kappa shape index (κ1) is 20.2. The van der Waals surface area contributed by atoms with Gasteiger partial charge < -0.3 is 9.47 Å².